The zero-order valence-electron chi connectivity index (χ0n) is 31.9. The van der Waals surface area contributed by atoms with E-state index in [9.17, 15) is 24.3 Å². The second-order valence-electron chi connectivity index (χ2n) is 16.7. The highest BCUT2D eigenvalue weighted by Gasteiger charge is 2.61. The van der Waals surface area contributed by atoms with Crippen LogP contribution in [0.5, 0.6) is 11.5 Å². The topological polar surface area (TPSA) is 169 Å². The molecule has 0 spiro atoms. The Hall–Kier alpha value is -4.43. The van der Waals surface area contributed by atoms with Crippen LogP contribution in [0.1, 0.15) is 78.3 Å². The van der Waals surface area contributed by atoms with E-state index in [0.717, 1.165) is 18.5 Å². The number of rotatable bonds is 12. The molecule has 3 aliphatic carbocycles. The summed E-state index contributed by atoms with van der Waals surface area (Å²) in [5, 5.41) is 19.2. The minimum absolute atomic E-state index is 0.0328. The van der Waals surface area contributed by atoms with Gasteiger partial charge in [-0.15, -0.1) is 17.9 Å². The van der Waals surface area contributed by atoms with Crippen molar-refractivity contribution in [2.75, 3.05) is 13.7 Å². The first-order valence-electron chi connectivity index (χ1n) is 18.8. The number of ether oxygens (including phenoxy) is 3. The molecule has 2 aromatic heterocycles. The molecule has 0 bridgehead atoms. The summed E-state index contributed by atoms with van der Waals surface area (Å²) in [4.78, 5) is 65.4. The number of carbonyl (C=O) groups excluding carboxylic acids is 3. The first-order chi connectivity index (χ1) is 26.0. The number of fused-ring (bicyclic) bond motifs is 2. The summed E-state index contributed by atoms with van der Waals surface area (Å²) in [6.45, 7) is 13.3. The SMILES string of the molecule is C=CC1C[C@]1(NC(=O)[C@@H]1CC(Oc2cc(-c3nc(C(C)C)cs3)nc3c(Cl)c(OC)ccc23)CN1C(=O)[C@@H](NC(=O)O[C@@H]1C[C@@H]2C[C@@H]2C1)C(C)(C)C)C(=O)O. The van der Waals surface area contributed by atoms with Gasteiger partial charge in [0.25, 0.3) is 0 Å². The maximum Gasteiger partial charge on any atom is 0.408 e. The van der Waals surface area contributed by atoms with Crippen LogP contribution in [0.4, 0.5) is 4.79 Å². The number of carboxylic acid groups (broad SMARTS) is 1. The molecule has 3 saturated carbocycles. The molecular weight excluding hydrogens is 746 g/mol. The molecule has 15 heteroatoms. The number of carboxylic acids is 1. The van der Waals surface area contributed by atoms with Crippen molar-refractivity contribution in [1.29, 1.82) is 0 Å². The molecule has 4 fully saturated rings. The molecule has 294 valence electrons. The van der Waals surface area contributed by atoms with Gasteiger partial charge in [-0.3, -0.25) is 9.59 Å². The van der Waals surface area contributed by atoms with Crippen LogP contribution in [-0.4, -0.2) is 87.3 Å². The molecule has 3 N–H and O–H groups in total. The number of aromatic nitrogens is 2. The third kappa shape index (κ3) is 7.59. The van der Waals surface area contributed by atoms with Gasteiger partial charge in [-0.1, -0.05) is 52.3 Å². The van der Waals surface area contributed by atoms with E-state index in [-0.39, 0.29) is 36.4 Å². The van der Waals surface area contributed by atoms with Crippen LogP contribution in [0.2, 0.25) is 5.02 Å². The number of nitrogens with one attached hydrogen (secondary N) is 2. The van der Waals surface area contributed by atoms with Gasteiger partial charge in [0.15, 0.2) is 0 Å². The molecule has 1 saturated heterocycles. The number of likely N-dealkylation sites (tertiary alicyclic amines) is 1. The average molecular weight is 794 g/mol. The van der Waals surface area contributed by atoms with Crippen molar-refractivity contribution >= 4 is 57.7 Å². The Labute approximate surface area is 329 Å². The fraction of sp³-hybridized carbons (Fsp3) is 0.550. The van der Waals surface area contributed by atoms with Crippen LogP contribution in [0.15, 0.2) is 36.2 Å². The highest BCUT2D eigenvalue weighted by atomic mass is 35.5. The van der Waals surface area contributed by atoms with Crippen LogP contribution in [0.3, 0.4) is 0 Å². The minimum atomic E-state index is -1.52. The molecule has 55 heavy (non-hydrogen) atoms. The zero-order chi connectivity index (χ0) is 39.6. The van der Waals surface area contributed by atoms with Gasteiger partial charge in [0.1, 0.15) is 57.1 Å². The van der Waals surface area contributed by atoms with Crippen molar-refractivity contribution in [2.45, 2.75) is 102 Å². The Bertz CT molecular complexity index is 2040. The lowest BCUT2D eigenvalue weighted by molar-refractivity contribution is -0.146. The Morgan fingerprint density at radius 2 is 1.82 bits per heavy atom. The van der Waals surface area contributed by atoms with Gasteiger partial charge in [0.2, 0.25) is 11.8 Å². The number of aliphatic carboxylic acids is 1. The van der Waals surface area contributed by atoms with Crippen molar-refractivity contribution < 1.29 is 38.5 Å². The molecule has 3 aromatic rings. The van der Waals surface area contributed by atoms with E-state index in [1.54, 1.807) is 18.2 Å². The number of amides is 3. The normalized spacial score (nSPS) is 27.3. The standard InChI is InChI=1S/C40H48ClN5O8S/c1-8-22-16-40(22,37(49)50)45-34(47)28-14-24(17-46(28)36(48)33(39(4,5)6)44-38(51)54-23-12-20-11-21(20)13-23)53-30-15-26(35-43-27(18-55-35)19(2)3)42-32-25(30)9-10-29(52-7)31(32)41/h8-10,15,18-24,28,33H,1,11-14,16-17H2,2-7H3,(H,44,51)(H,45,47)(H,49,50)/t20-,21+,22?,23+,24?,28-,33+,40+/m0/s1. The number of carbonyl (C=O) groups is 4. The number of hydrogen-bond acceptors (Lipinski definition) is 10. The van der Waals surface area contributed by atoms with Crippen LogP contribution >= 0.6 is 22.9 Å². The van der Waals surface area contributed by atoms with Gasteiger partial charge in [-0.2, -0.15) is 0 Å². The Kier molecular flexibility index (Phi) is 10.3. The highest BCUT2D eigenvalue weighted by Crippen LogP contribution is 2.52. The van der Waals surface area contributed by atoms with E-state index in [2.05, 4.69) is 31.1 Å². The maximum atomic E-state index is 14.6. The summed E-state index contributed by atoms with van der Waals surface area (Å²) < 4.78 is 17.9. The van der Waals surface area contributed by atoms with Gasteiger partial charge in [-0.05, 0) is 61.0 Å². The summed E-state index contributed by atoms with van der Waals surface area (Å²) in [6.07, 6.45) is 2.94. The molecule has 0 radical (unpaired) electrons. The molecule has 1 aliphatic heterocycles. The number of hydrogen-bond donors (Lipinski definition) is 3. The zero-order valence-corrected chi connectivity index (χ0v) is 33.5. The number of pyridine rings is 1. The van der Waals surface area contributed by atoms with Crippen LogP contribution in [0.25, 0.3) is 21.6 Å². The number of alkyl carbamates (subject to hydrolysis) is 1. The van der Waals surface area contributed by atoms with E-state index in [0.29, 0.717) is 44.9 Å². The Balaban J connectivity index is 1.21. The second kappa shape index (κ2) is 14.6. The molecular formula is C40H48ClN5O8S. The molecule has 3 amide bonds. The monoisotopic (exact) mass is 793 g/mol. The second-order valence-corrected chi connectivity index (χ2v) is 17.9. The Morgan fingerprint density at radius 3 is 2.42 bits per heavy atom. The molecule has 2 unspecified atom stereocenters. The smallest absolute Gasteiger partial charge is 0.408 e. The summed E-state index contributed by atoms with van der Waals surface area (Å²) in [5.41, 5.74) is -0.432. The van der Waals surface area contributed by atoms with Crippen molar-refractivity contribution in [3.8, 4) is 22.2 Å². The Morgan fingerprint density at radius 1 is 1.09 bits per heavy atom. The molecule has 8 atom stereocenters. The van der Waals surface area contributed by atoms with Crippen LogP contribution in [0, 0.1) is 23.2 Å². The van der Waals surface area contributed by atoms with Crippen molar-refractivity contribution in [2.24, 2.45) is 23.2 Å². The van der Waals surface area contributed by atoms with E-state index in [1.165, 1.54) is 35.8 Å². The number of methoxy groups -OCH3 is 1. The lowest BCUT2D eigenvalue weighted by Crippen LogP contribution is -2.59. The van der Waals surface area contributed by atoms with Gasteiger partial charge >= 0.3 is 12.1 Å². The molecule has 13 nitrogen and oxygen atoms in total. The fourth-order valence-electron chi connectivity index (χ4n) is 7.99. The fourth-order valence-corrected chi connectivity index (χ4v) is 9.21. The van der Waals surface area contributed by atoms with E-state index >= 15 is 0 Å². The van der Waals surface area contributed by atoms with Crippen molar-refractivity contribution in [3.05, 3.63) is 47.0 Å². The molecule has 4 aliphatic rings. The summed E-state index contributed by atoms with van der Waals surface area (Å²) in [5.74, 6) is -0.546. The third-order valence-electron chi connectivity index (χ3n) is 11.4. The largest absolute Gasteiger partial charge is 0.495 e. The number of halogens is 1. The summed E-state index contributed by atoms with van der Waals surface area (Å²) >= 11 is 8.25. The number of thiazole rings is 1. The quantitative estimate of drug-likeness (QED) is 0.170. The number of nitrogens with zero attached hydrogens (tertiary/aromatic N) is 3. The molecule has 1 aromatic carbocycles. The predicted molar refractivity (Wildman–Crippen MR) is 207 cm³/mol. The van der Waals surface area contributed by atoms with Crippen LogP contribution in [-0.2, 0) is 19.1 Å². The van der Waals surface area contributed by atoms with Crippen molar-refractivity contribution in [1.82, 2.24) is 25.5 Å². The molecule has 3 heterocycles. The minimum Gasteiger partial charge on any atom is -0.495 e. The van der Waals surface area contributed by atoms with Gasteiger partial charge < -0.3 is 34.9 Å². The maximum absolute atomic E-state index is 14.6. The highest BCUT2D eigenvalue weighted by molar-refractivity contribution is 7.13. The molecule has 7 rings (SSSR count). The van der Waals surface area contributed by atoms with Crippen molar-refractivity contribution in [3.63, 3.8) is 0 Å². The van der Waals surface area contributed by atoms with E-state index < -0.39 is 58.9 Å². The van der Waals surface area contributed by atoms with Gasteiger partial charge in [-0.25, -0.2) is 19.6 Å². The summed E-state index contributed by atoms with van der Waals surface area (Å²) in [7, 11) is 1.52. The predicted octanol–water partition coefficient (Wildman–Crippen LogP) is 6.58. The summed E-state index contributed by atoms with van der Waals surface area (Å²) in [6, 6.07) is 3.08. The number of benzene rings is 1. The van der Waals surface area contributed by atoms with Gasteiger partial charge in [0.05, 0.1) is 24.9 Å². The first-order valence-corrected chi connectivity index (χ1v) is 20.0. The first kappa shape index (κ1) is 38.8. The average Bonchev–Trinajstić information content (AvgIpc) is 3.77. The lowest BCUT2D eigenvalue weighted by atomic mass is 9.85. The van der Waals surface area contributed by atoms with Gasteiger partial charge in [0, 0.05) is 29.2 Å². The van der Waals surface area contributed by atoms with Crippen LogP contribution < -0.4 is 20.1 Å². The third-order valence-corrected chi connectivity index (χ3v) is 12.7. The van der Waals surface area contributed by atoms with E-state index in [1.807, 2.05) is 26.2 Å². The lowest BCUT2D eigenvalue weighted by Gasteiger charge is -2.35. The van der Waals surface area contributed by atoms with E-state index in [4.69, 9.17) is 35.8 Å².